The Morgan fingerprint density at radius 2 is 1.78 bits per heavy atom. The molecule has 0 aliphatic heterocycles. The van der Waals surface area contributed by atoms with Gasteiger partial charge in [0, 0.05) is 10.6 Å². The third-order valence-corrected chi connectivity index (χ3v) is 3.78. The van der Waals surface area contributed by atoms with Crippen LogP contribution in [0.2, 0.25) is 5.02 Å². The maximum atomic E-state index is 11.7. The second-order valence-electron chi connectivity index (χ2n) is 4.99. The topological polar surface area (TPSA) is 76.0 Å². The molecule has 0 saturated carbocycles. The van der Waals surface area contributed by atoms with E-state index >= 15 is 0 Å². The Hall–Kier alpha value is -2.40. The molecule has 0 aromatic heterocycles. The van der Waals surface area contributed by atoms with E-state index < -0.39 is 11.9 Å². The van der Waals surface area contributed by atoms with E-state index in [9.17, 15) is 15.0 Å². The number of hydrogen-bond donors (Lipinski definition) is 2. The van der Waals surface area contributed by atoms with Gasteiger partial charge >= 0.3 is 5.97 Å². The van der Waals surface area contributed by atoms with Crippen molar-refractivity contribution in [2.45, 2.75) is 12.3 Å². The van der Waals surface area contributed by atoms with Crippen LogP contribution < -0.4 is 9.47 Å². The molecule has 0 bridgehead atoms. The predicted molar refractivity (Wildman–Crippen MR) is 86.7 cm³/mol. The van der Waals surface area contributed by atoms with Gasteiger partial charge in [-0.25, -0.2) is 0 Å². The van der Waals surface area contributed by atoms with Crippen LogP contribution in [0.25, 0.3) is 0 Å². The van der Waals surface area contributed by atoms with Gasteiger partial charge in [-0.15, -0.1) is 0 Å². The molecule has 2 aromatic rings. The largest absolute Gasteiger partial charge is 0.504 e. The van der Waals surface area contributed by atoms with Gasteiger partial charge in [-0.05, 0) is 42.3 Å². The molecule has 2 rings (SSSR count). The lowest BCUT2D eigenvalue weighted by Crippen LogP contribution is -2.15. The van der Waals surface area contributed by atoms with Gasteiger partial charge in [-0.2, -0.15) is 0 Å². The van der Waals surface area contributed by atoms with Gasteiger partial charge in [0.1, 0.15) is 5.75 Å². The first kappa shape index (κ1) is 17.0. The zero-order valence-electron chi connectivity index (χ0n) is 12.7. The molecule has 2 aromatic carbocycles. The van der Waals surface area contributed by atoms with Crippen LogP contribution in [0.4, 0.5) is 0 Å². The van der Waals surface area contributed by atoms with Crippen molar-refractivity contribution in [3.8, 4) is 17.2 Å². The quantitative estimate of drug-likeness (QED) is 0.844. The summed E-state index contributed by atoms with van der Waals surface area (Å²) in [4.78, 5) is 11.7. The first-order valence-corrected chi connectivity index (χ1v) is 7.26. The summed E-state index contributed by atoms with van der Waals surface area (Å²) in [7, 11) is 2.93. The van der Waals surface area contributed by atoms with Gasteiger partial charge in [-0.3, -0.25) is 4.79 Å². The van der Waals surface area contributed by atoms with Gasteiger partial charge in [0.15, 0.2) is 11.5 Å². The molecule has 0 aliphatic rings. The summed E-state index contributed by atoms with van der Waals surface area (Å²) in [6.07, 6.45) is 0.184. The lowest BCUT2D eigenvalue weighted by molar-refractivity contribution is -0.138. The summed E-state index contributed by atoms with van der Waals surface area (Å²) in [5.41, 5.74) is 1.15. The van der Waals surface area contributed by atoms with Crippen LogP contribution in [0, 0.1) is 0 Å². The van der Waals surface area contributed by atoms with E-state index in [0.717, 1.165) is 0 Å². The second kappa shape index (κ2) is 7.24. The average Bonchev–Trinajstić information content (AvgIpc) is 2.52. The number of phenols is 1. The smallest absolute Gasteiger partial charge is 0.311 e. The molecular formula is C17H17ClO5. The number of rotatable bonds is 6. The van der Waals surface area contributed by atoms with Gasteiger partial charge in [0.25, 0.3) is 0 Å². The van der Waals surface area contributed by atoms with Gasteiger partial charge in [0.05, 0.1) is 20.1 Å². The molecule has 0 aliphatic carbocycles. The number of carboxylic acid groups (broad SMARTS) is 1. The minimum absolute atomic E-state index is 0.0350. The average molecular weight is 337 g/mol. The number of phenolic OH excluding ortho intramolecular Hbond substituents is 1. The van der Waals surface area contributed by atoms with Crippen molar-refractivity contribution in [3.05, 3.63) is 52.5 Å². The normalized spacial score (nSPS) is 11.8. The van der Waals surface area contributed by atoms with Crippen molar-refractivity contribution >= 4 is 17.6 Å². The van der Waals surface area contributed by atoms with Crippen molar-refractivity contribution in [2.24, 2.45) is 0 Å². The highest BCUT2D eigenvalue weighted by Crippen LogP contribution is 2.34. The fourth-order valence-corrected chi connectivity index (χ4v) is 2.59. The molecule has 0 heterocycles. The number of hydrogen-bond acceptors (Lipinski definition) is 4. The highest BCUT2D eigenvalue weighted by molar-refractivity contribution is 6.30. The molecule has 0 spiro atoms. The number of benzene rings is 2. The monoisotopic (exact) mass is 336 g/mol. The van der Waals surface area contributed by atoms with E-state index in [1.807, 2.05) is 0 Å². The first-order chi connectivity index (χ1) is 11.0. The number of carboxylic acids is 1. The van der Waals surface area contributed by atoms with Gasteiger partial charge in [0.2, 0.25) is 0 Å². The number of halogens is 1. The molecule has 6 heteroatoms. The number of aromatic hydroxyl groups is 1. The third kappa shape index (κ3) is 3.87. The van der Waals surface area contributed by atoms with Crippen molar-refractivity contribution < 1.29 is 24.5 Å². The van der Waals surface area contributed by atoms with Crippen molar-refractivity contribution in [1.29, 1.82) is 0 Å². The molecule has 0 saturated heterocycles. The molecule has 0 fully saturated rings. The molecule has 122 valence electrons. The predicted octanol–water partition coefficient (Wildman–Crippen LogP) is 3.47. The number of ether oxygens (including phenoxy) is 2. The number of methoxy groups -OCH3 is 2. The molecule has 1 atom stereocenters. The summed E-state index contributed by atoms with van der Waals surface area (Å²) < 4.78 is 10.2. The summed E-state index contributed by atoms with van der Waals surface area (Å²) in [5.74, 6) is -1.09. The van der Waals surface area contributed by atoms with Crippen LogP contribution in [0.5, 0.6) is 17.2 Å². The SMILES string of the molecule is COc1ccc(CC(C(=O)O)c2cc(Cl)ccc2OC)cc1O. The highest BCUT2D eigenvalue weighted by atomic mass is 35.5. The van der Waals surface area contributed by atoms with Crippen LogP contribution in [0.1, 0.15) is 17.0 Å². The summed E-state index contributed by atoms with van der Waals surface area (Å²) in [6.45, 7) is 0. The Labute approximate surface area is 139 Å². The van der Waals surface area contributed by atoms with E-state index in [1.54, 1.807) is 30.3 Å². The molecule has 5 nitrogen and oxygen atoms in total. The van der Waals surface area contributed by atoms with E-state index in [1.165, 1.54) is 20.3 Å². The highest BCUT2D eigenvalue weighted by Gasteiger charge is 2.24. The Bertz CT molecular complexity index is 714. The Morgan fingerprint density at radius 1 is 1.13 bits per heavy atom. The van der Waals surface area contributed by atoms with Gasteiger partial charge in [-0.1, -0.05) is 17.7 Å². The minimum atomic E-state index is -0.999. The van der Waals surface area contributed by atoms with E-state index in [0.29, 0.717) is 27.6 Å². The van der Waals surface area contributed by atoms with Crippen LogP contribution in [-0.4, -0.2) is 30.4 Å². The fraction of sp³-hybridized carbons (Fsp3) is 0.235. The van der Waals surface area contributed by atoms with Crippen molar-refractivity contribution in [3.63, 3.8) is 0 Å². The summed E-state index contributed by atoms with van der Waals surface area (Å²) in [6, 6.07) is 9.67. The maximum absolute atomic E-state index is 11.7. The molecule has 0 radical (unpaired) electrons. The van der Waals surface area contributed by atoms with Crippen LogP contribution in [0.3, 0.4) is 0 Å². The van der Waals surface area contributed by atoms with Crippen molar-refractivity contribution in [1.82, 2.24) is 0 Å². The maximum Gasteiger partial charge on any atom is 0.311 e. The van der Waals surface area contributed by atoms with Crippen LogP contribution in [-0.2, 0) is 11.2 Å². The number of aliphatic carboxylic acids is 1. The Morgan fingerprint density at radius 3 is 2.35 bits per heavy atom. The number of carbonyl (C=O) groups is 1. The summed E-state index contributed by atoms with van der Waals surface area (Å²) in [5, 5.41) is 19.9. The minimum Gasteiger partial charge on any atom is -0.504 e. The van der Waals surface area contributed by atoms with E-state index in [4.69, 9.17) is 21.1 Å². The fourth-order valence-electron chi connectivity index (χ4n) is 2.41. The Kier molecular flexibility index (Phi) is 5.34. The second-order valence-corrected chi connectivity index (χ2v) is 5.42. The van der Waals surface area contributed by atoms with Crippen LogP contribution >= 0.6 is 11.6 Å². The van der Waals surface area contributed by atoms with E-state index in [-0.39, 0.29) is 12.2 Å². The lowest BCUT2D eigenvalue weighted by Gasteiger charge is -2.17. The van der Waals surface area contributed by atoms with Gasteiger partial charge < -0.3 is 19.7 Å². The first-order valence-electron chi connectivity index (χ1n) is 6.88. The zero-order chi connectivity index (χ0) is 17.0. The third-order valence-electron chi connectivity index (χ3n) is 3.55. The van der Waals surface area contributed by atoms with Crippen molar-refractivity contribution in [2.75, 3.05) is 14.2 Å². The zero-order valence-corrected chi connectivity index (χ0v) is 13.5. The molecule has 23 heavy (non-hydrogen) atoms. The Balaban J connectivity index is 2.38. The molecule has 2 N–H and O–H groups in total. The summed E-state index contributed by atoms with van der Waals surface area (Å²) >= 11 is 5.99. The standard InChI is InChI=1S/C17H17ClO5/c1-22-15-6-4-11(18)9-12(15)13(17(20)21)7-10-3-5-16(23-2)14(19)8-10/h3-6,8-9,13,19H,7H2,1-2H3,(H,20,21). The lowest BCUT2D eigenvalue weighted by atomic mass is 9.91. The molecule has 0 amide bonds. The molecular weight excluding hydrogens is 320 g/mol. The van der Waals surface area contributed by atoms with E-state index in [2.05, 4.69) is 0 Å². The molecule has 1 unspecified atom stereocenters. The van der Waals surface area contributed by atoms with Crippen LogP contribution in [0.15, 0.2) is 36.4 Å².